The molecule has 3 aromatic rings. The molecule has 1 N–H and O–H groups in total. The maximum atomic E-state index is 12.2. The molecule has 1 amide bonds. The third kappa shape index (κ3) is 5.79. The Hall–Kier alpha value is -3.00. The highest BCUT2D eigenvalue weighted by Crippen LogP contribution is 2.27. The quantitative estimate of drug-likeness (QED) is 0.570. The van der Waals surface area contributed by atoms with Crippen molar-refractivity contribution < 1.29 is 17.6 Å². The summed E-state index contributed by atoms with van der Waals surface area (Å²) in [5, 5.41) is 10.5. The fraction of sp³-hybridized carbons (Fsp3) is 0.348. The molecular formula is C23H25N3O4S. The zero-order chi connectivity index (χ0) is 21.7. The summed E-state index contributed by atoms with van der Waals surface area (Å²) < 4.78 is 30.0. The lowest BCUT2D eigenvalue weighted by molar-refractivity contribution is -0.116. The molecule has 1 aliphatic carbocycles. The fourth-order valence-corrected chi connectivity index (χ4v) is 5.22. The number of aromatic nitrogens is 2. The minimum atomic E-state index is -3.27. The largest absolute Gasteiger partial charge is 0.403 e. The van der Waals surface area contributed by atoms with Gasteiger partial charge in [-0.15, -0.1) is 5.10 Å². The molecule has 0 saturated carbocycles. The second-order valence-electron chi connectivity index (χ2n) is 7.83. The van der Waals surface area contributed by atoms with E-state index < -0.39 is 9.84 Å². The summed E-state index contributed by atoms with van der Waals surface area (Å²) in [4.78, 5) is 12.2. The summed E-state index contributed by atoms with van der Waals surface area (Å²) in [5.74, 6) is -0.0763. The average molecular weight is 440 g/mol. The lowest BCUT2D eigenvalue weighted by Gasteiger charge is -2.15. The van der Waals surface area contributed by atoms with Gasteiger partial charge >= 0.3 is 6.01 Å². The topological polar surface area (TPSA) is 102 Å². The number of fused-ring (bicyclic) bond motifs is 1. The smallest absolute Gasteiger partial charge is 0.322 e. The van der Waals surface area contributed by atoms with Crippen molar-refractivity contribution in [3.05, 3.63) is 65.2 Å². The summed E-state index contributed by atoms with van der Waals surface area (Å²) in [7, 11) is -3.27. The van der Waals surface area contributed by atoms with Crippen molar-refractivity contribution in [3.63, 3.8) is 0 Å². The lowest BCUT2D eigenvalue weighted by Crippen LogP contribution is -2.15. The van der Waals surface area contributed by atoms with E-state index in [0.29, 0.717) is 5.89 Å². The van der Waals surface area contributed by atoms with E-state index in [4.69, 9.17) is 4.42 Å². The lowest BCUT2D eigenvalue weighted by atomic mass is 9.90. The molecule has 4 rings (SSSR count). The first-order valence-corrected chi connectivity index (χ1v) is 12.3. The number of hydrogen-bond donors (Lipinski definition) is 1. The maximum absolute atomic E-state index is 12.2. The van der Waals surface area contributed by atoms with Crippen molar-refractivity contribution in [2.45, 2.75) is 44.3 Å². The Labute approximate surface area is 181 Å². The predicted octanol–water partition coefficient (Wildman–Crippen LogP) is 3.95. The van der Waals surface area contributed by atoms with Gasteiger partial charge in [0.05, 0.1) is 11.5 Å². The molecule has 0 saturated heterocycles. The molecule has 162 valence electrons. The van der Waals surface area contributed by atoms with Crippen LogP contribution in [0.15, 0.2) is 52.9 Å². The molecule has 0 aliphatic heterocycles. The van der Waals surface area contributed by atoms with E-state index >= 15 is 0 Å². The van der Waals surface area contributed by atoms with Crippen molar-refractivity contribution in [2.24, 2.45) is 0 Å². The fourth-order valence-electron chi connectivity index (χ4n) is 3.79. The highest BCUT2D eigenvalue weighted by Gasteiger charge is 2.16. The van der Waals surface area contributed by atoms with E-state index in [1.165, 1.54) is 24.0 Å². The summed E-state index contributed by atoms with van der Waals surface area (Å²) >= 11 is 0. The number of hydrogen-bond acceptors (Lipinski definition) is 6. The van der Waals surface area contributed by atoms with Crippen molar-refractivity contribution >= 4 is 21.8 Å². The Kier molecular flexibility index (Phi) is 6.46. The van der Waals surface area contributed by atoms with Gasteiger partial charge in [0.1, 0.15) is 0 Å². The van der Waals surface area contributed by atoms with E-state index in [1.807, 2.05) is 12.1 Å². The zero-order valence-electron chi connectivity index (χ0n) is 17.2. The van der Waals surface area contributed by atoms with Crippen LogP contribution in [0.3, 0.4) is 0 Å². The number of benzene rings is 2. The molecule has 1 heterocycles. The van der Waals surface area contributed by atoms with Crippen LogP contribution in [-0.2, 0) is 33.2 Å². The van der Waals surface area contributed by atoms with Gasteiger partial charge in [-0.25, -0.2) is 8.42 Å². The minimum absolute atomic E-state index is 0.0184. The van der Waals surface area contributed by atoms with Gasteiger partial charge in [0.15, 0.2) is 9.84 Å². The minimum Gasteiger partial charge on any atom is -0.403 e. The molecule has 1 aliphatic rings. The summed E-state index contributed by atoms with van der Waals surface area (Å²) in [6, 6.07) is 15.2. The van der Waals surface area contributed by atoms with Crippen LogP contribution in [0.1, 0.15) is 42.4 Å². The molecule has 31 heavy (non-hydrogen) atoms. The Morgan fingerprint density at radius 1 is 1.00 bits per heavy atom. The Balaban J connectivity index is 1.28. The van der Waals surface area contributed by atoms with E-state index in [1.54, 1.807) is 24.3 Å². The monoisotopic (exact) mass is 439 g/mol. The van der Waals surface area contributed by atoms with Gasteiger partial charge in [-0.1, -0.05) is 41.5 Å². The first-order chi connectivity index (χ1) is 15.0. The second-order valence-corrected chi connectivity index (χ2v) is 10.0. The molecular weight excluding hydrogens is 414 g/mol. The number of aryl methyl sites for hydroxylation is 2. The number of anilines is 1. The average Bonchev–Trinajstić information content (AvgIpc) is 3.22. The van der Waals surface area contributed by atoms with Crippen molar-refractivity contribution in [1.82, 2.24) is 10.2 Å². The van der Waals surface area contributed by atoms with Gasteiger partial charge in [-0.3, -0.25) is 10.1 Å². The third-order valence-corrected chi connectivity index (χ3v) is 7.04. The Morgan fingerprint density at radius 2 is 1.77 bits per heavy atom. The zero-order valence-corrected chi connectivity index (χ0v) is 18.0. The van der Waals surface area contributed by atoms with Crippen LogP contribution in [0.4, 0.5) is 6.01 Å². The van der Waals surface area contributed by atoms with E-state index in [9.17, 15) is 13.2 Å². The molecule has 0 fully saturated rings. The number of nitrogens with zero attached hydrogens (tertiary/aromatic N) is 2. The molecule has 0 unspecified atom stereocenters. The van der Waals surface area contributed by atoms with Crippen LogP contribution in [-0.4, -0.2) is 30.3 Å². The SMILES string of the molecule is O=C(CCCS(=O)(=O)Cc1ccccc1)Nc1nnc(-c2ccc3c(c2)CCCC3)o1. The van der Waals surface area contributed by atoms with Gasteiger partial charge in [-0.05, 0) is 60.9 Å². The molecule has 0 bridgehead atoms. The first-order valence-electron chi connectivity index (χ1n) is 10.5. The van der Waals surface area contributed by atoms with Crippen LogP contribution in [0, 0.1) is 0 Å². The predicted molar refractivity (Wildman–Crippen MR) is 118 cm³/mol. The molecule has 8 heteroatoms. The highest BCUT2D eigenvalue weighted by atomic mass is 32.2. The maximum Gasteiger partial charge on any atom is 0.322 e. The van der Waals surface area contributed by atoms with E-state index in [2.05, 4.69) is 27.6 Å². The summed E-state index contributed by atoms with van der Waals surface area (Å²) in [5.41, 5.74) is 4.25. The Bertz CT molecular complexity index is 1160. The molecule has 0 radical (unpaired) electrons. The van der Waals surface area contributed by atoms with Crippen LogP contribution < -0.4 is 5.32 Å². The molecule has 1 aromatic heterocycles. The molecule has 7 nitrogen and oxygen atoms in total. The van der Waals surface area contributed by atoms with Crippen LogP contribution in [0.2, 0.25) is 0 Å². The third-order valence-electron chi connectivity index (χ3n) is 5.36. The number of amides is 1. The Morgan fingerprint density at radius 3 is 2.58 bits per heavy atom. The number of carbonyl (C=O) groups is 1. The standard InChI is InChI=1S/C23H25N3O4S/c27-21(11-6-14-31(28,29)16-17-7-2-1-3-8-17)24-23-26-25-22(30-23)20-13-12-18-9-4-5-10-19(18)15-20/h1-3,7-8,12-13,15H,4-6,9-11,14,16H2,(H,24,26,27). The molecule has 2 aromatic carbocycles. The summed E-state index contributed by atoms with van der Waals surface area (Å²) in [6.45, 7) is 0. The van der Waals surface area contributed by atoms with Gasteiger partial charge < -0.3 is 4.42 Å². The van der Waals surface area contributed by atoms with Crippen molar-refractivity contribution in [3.8, 4) is 11.5 Å². The molecule has 0 spiro atoms. The number of carbonyl (C=O) groups excluding carboxylic acids is 1. The van der Waals surface area contributed by atoms with Crippen molar-refractivity contribution in [2.75, 3.05) is 11.1 Å². The van der Waals surface area contributed by atoms with Gasteiger partial charge in [0.2, 0.25) is 11.8 Å². The second kappa shape index (κ2) is 9.43. The normalized spacial score (nSPS) is 13.5. The van der Waals surface area contributed by atoms with Crippen molar-refractivity contribution in [1.29, 1.82) is 0 Å². The van der Waals surface area contributed by atoms with Gasteiger partial charge in [0, 0.05) is 12.0 Å². The number of rotatable bonds is 8. The number of sulfone groups is 1. The first kappa shape index (κ1) is 21.2. The summed E-state index contributed by atoms with van der Waals surface area (Å²) in [6.07, 6.45) is 4.84. The number of nitrogens with one attached hydrogen (secondary N) is 1. The van der Waals surface area contributed by atoms with Crippen LogP contribution in [0.5, 0.6) is 0 Å². The van der Waals surface area contributed by atoms with Gasteiger partial charge in [-0.2, -0.15) is 0 Å². The van der Waals surface area contributed by atoms with Gasteiger partial charge in [0.25, 0.3) is 0 Å². The van der Waals surface area contributed by atoms with E-state index in [0.717, 1.165) is 24.0 Å². The highest BCUT2D eigenvalue weighted by molar-refractivity contribution is 7.90. The van der Waals surface area contributed by atoms with E-state index in [-0.39, 0.29) is 36.3 Å². The van der Waals surface area contributed by atoms with Crippen LogP contribution in [0.25, 0.3) is 11.5 Å². The molecule has 0 atom stereocenters. The van der Waals surface area contributed by atoms with Crippen LogP contribution >= 0.6 is 0 Å².